The average molecular weight is 332 g/mol. The third-order valence-corrected chi connectivity index (χ3v) is 3.70. The van der Waals surface area contributed by atoms with Crippen molar-refractivity contribution in [2.45, 2.75) is 0 Å². The minimum atomic E-state index is -0.426. The molecule has 3 aromatic rings. The molecule has 5 heteroatoms. The van der Waals surface area contributed by atoms with Crippen LogP contribution in [0, 0.1) is 5.82 Å². The molecule has 0 aliphatic rings. The van der Waals surface area contributed by atoms with Crippen LogP contribution in [0.5, 0.6) is 0 Å². The Kier molecular flexibility index (Phi) is 3.28. The SMILES string of the molecule is Nc1cc(F)c(Nc2ccccc2Br)c2ncccc12. The van der Waals surface area contributed by atoms with E-state index in [0.29, 0.717) is 16.9 Å². The van der Waals surface area contributed by atoms with Crippen LogP contribution < -0.4 is 11.1 Å². The number of nitrogens with two attached hydrogens (primary N) is 1. The first-order chi connectivity index (χ1) is 9.66. The van der Waals surface area contributed by atoms with Gasteiger partial charge in [0.2, 0.25) is 0 Å². The van der Waals surface area contributed by atoms with Gasteiger partial charge in [-0.2, -0.15) is 0 Å². The molecule has 100 valence electrons. The van der Waals surface area contributed by atoms with Gasteiger partial charge in [0, 0.05) is 21.7 Å². The number of fused-ring (bicyclic) bond motifs is 1. The van der Waals surface area contributed by atoms with Gasteiger partial charge in [-0.1, -0.05) is 12.1 Å². The number of para-hydroxylation sites is 1. The van der Waals surface area contributed by atoms with Gasteiger partial charge < -0.3 is 11.1 Å². The van der Waals surface area contributed by atoms with Gasteiger partial charge in [-0.25, -0.2) is 4.39 Å². The van der Waals surface area contributed by atoms with E-state index in [1.807, 2.05) is 30.3 Å². The largest absolute Gasteiger partial charge is 0.398 e. The summed E-state index contributed by atoms with van der Waals surface area (Å²) < 4.78 is 15.0. The molecule has 0 amide bonds. The highest BCUT2D eigenvalue weighted by Crippen LogP contribution is 2.33. The highest BCUT2D eigenvalue weighted by molar-refractivity contribution is 9.10. The lowest BCUT2D eigenvalue weighted by Gasteiger charge is -2.13. The van der Waals surface area contributed by atoms with Crippen LogP contribution in [-0.4, -0.2) is 4.98 Å². The smallest absolute Gasteiger partial charge is 0.150 e. The summed E-state index contributed by atoms with van der Waals surface area (Å²) in [7, 11) is 0. The molecule has 0 aliphatic carbocycles. The third-order valence-electron chi connectivity index (χ3n) is 3.01. The number of hydrogen-bond donors (Lipinski definition) is 2. The maximum atomic E-state index is 14.2. The lowest BCUT2D eigenvalue weighted by Crippen LogP contribution is -1.99. The zero-order chi connectivity index (χ0) is 14.1. The van der Waals surface area contributed by atoms with Crippen LogP contribution in [0.15, 0.2) is 53.1 Å². The van der Waals surface area contributed by atoms with Gasteiger partial charge in [-0.05, 0) is 46.3 Å². The summed E-state index contributed by atoms with van der Waals surface area (Å²) in [6.07, 6.45) is 1.62. The number of benzene rings is 2. The molecule has 3 rings (SSSR count). The van der Waals surface area contributed by atoms with E-state index in [-0.39, 0.29) is 0 Å². The number of nitrogens with one attached hydrogen (secondary N) is 1. The molecule has 0 spiro atoms. The van der Waals surface area contributed by atoms with E-state index in [9.17, 15) is 4.39 Å². The third kappa shape index (κ3) is 2.20. The Labute approximate surface area is 123 Å². The average Bonchev–Trinajstić information content (AvgIpc) is 2.45. The van der Waals surface area contributed by atoms with Crippen LogP contribution in [0.1, 0.15) is 0 Å². The standard InChI is InChI=1S/C15H11BrFN3/c16-10-5-1-2-6-13(10)20-15-11(17)8-12(18)9-4-3-7-19-14(9)15/h1-8,20H,18H2. The minimum absolute atomic E-state index is 0.321. The second kappa shape index (κ2) is 5.09. The Balaban J connectivity index is 2.19. The molecule has 0 saturated heterocycles. The Morgan fingerprint density at radius 1 is 1.15 bits per heavy atom. The molecule has 0 fully saturated rings. The fourth-order valence-corrected chi connectivity index (χ4v) is 2.44. The molecule has 0 atom stereocenters. The van der Waals surface area contributed by atoms with E-state index >= 15 is 0 Å². The molecule has 1 aromatic heterocycles. The van der Waals surface area contributed by atoms with Gasteiger partial charge in [0.25, 0.3) is 0 Å². The molecule has 0 saturated carbocycles. The number of nitrogen functional groups attached to an aromatic ring is 1. The summed E-state index contributed by atoms with van der Waals surface area (Å²) in [5.74, 6) is -0.426. The van der Waals surface area contributed by atoms with Crippen LogP contribution in [0.2, 0.25) is 0 Å². The summed E-state index contributed by atoms with van der Waals surface area (Å²) >= 11 is 3.43. The zero-order valence-electron chi connectivity index (χ0n) is 10.4. The molecule has 0 radical (unpaired) electrons. The summed E-state index contributed by atoms with van der Waals surface area (Å²) in [6, 6.07) is 12.4. The fourth-order valence-electron chi connectivity index (χ4n) is 2.05. The zero-order valence-corrected chi connectivity index (χ0v) is 12.0. The van der Waals surface area contributed by atoms with Gasteiger partial charge in [0.15, 0.2) is 5.82 Å². The number of hydrogen-bond acceptors (Lipinski definition) is 3. The van der Waals surface area contributed by atoms with Gasteiger partial charge in [-0.3, -0.25) is 4.98 Å². The second-order valence-electron chi connectivity index (χ2n) is 4.33. The highest BCUT2D eigenvalue weighted by atomic mass is 79.9. The van der Waals surface area contributed by atoms with E-state index < -0.39 is 5.82 Å². The molecule has 3 N–H and O–H groups in total. The van der Waals surface area contributed by atoms with Crippen LogP contribution in [0.4, 0.5) is 21.5 Å². The van der Waals surface area contributed by atoms with E-state index in [2.05, 4.69) is 26.2 Å². The van der Waals surface area contributed by atoms with E-state index in [0.717, 1.165) is 15.5 Å². The Morgan fingerprint density at radius 3 is 2.75 bits per heavy atom. The van der Waals surface area contributed by atoms with Crippen molar-refractivity contribution in [1.29, 1.82) is 0 Å². The predicted molar refractivity (Wildman–Crippen MR) is 83.5 cm³/mol. The first-order valence-corrected chi connectivity index (χ1v) is 6.80. The van der Waals surface area contributed by atoms with Gasteiger partial charge in [0.1, 0.15) is 5.69 Å². The molecule has 20 heavy (non-hydrogen) atoms. The normalized spacial score (nSPS) is 10.7. The number of anilines is 3. The minimum Gasteiger partial charge on any atom is -0.398 e. The van der Waals surface area contributed by atoms with E-state index in [1.54, 1.807) is 12.3 Å². The molecule has 2 aromatic carbocycles. The Bertz CT molecular complexity index is 789. The van der Waals surface area contributed by atoms with Gasteiger partial charge >= 0.3 is 0 Å². The summed E-state index contributed by atoms with van der Waals surface area (Å²) in [5, 5.41) is 3.80. The summed E-state index contributed by atoms with van der Waals surface area (Å²) in [4.78, 5) is 4.23. The molecule has 3 nitrogen and oxygen atoms in total. The second-order valence-corrected chi connectivity index (χ2v) is 5.18. The van der Waals surface area contributed by atoms with Crippen molar-refractivity contribution in [2.75, 3.05) is 11.1 Å². The van der Waals surface area contributed by atoms with Crippen LogP contribution >= 0.6 is 15.9 Å². The first kappa shape index (κ1) is 12.9. The molecular formula is C15H11BrFN3. The van der Waals surface area contributed by atoms with E-state index in [4.69, 9.17) is 5.73 Å². The lowest BCUT2D eigenvalue weighted by atomic mass is 10.1. The lowest BCUT2D eigenvalue weighted by molar-refractivity contribution is 0.634. The van der Waals surface area contributed by atoms with Crippen molar-refractivity contribution in [3.8, 4) is 0 Å². The van der Waals surface area contributed by atoms with Gasteiger partial charge in [-0.15, -0.1) is 0 Å². The van der Waals surface area contributed by atoms with Crippen molar-refractivity contribution in [3.63, 3.8) is 0 Å². The first-order valence-electron chi connectivity index (χ1n) is 6.01. The number of pyridine rings is 1. The maximum Gasteiger partial charge on any atom is 0.150 e. The monoisotopic (exact) mass is 331 g/mol. The fraction of sp³-hybridized carbons (Fsp3) is 0. The van der Waals surface area contributed by atoms with Gasteiger partial charge in [0.05, 0.1) is 11.2 Å². The van der Waals surface area contributed by atoms with Crippen LogP contribution in [0.3, 0.4) is 0 Å². The van der Waals surface area contributed by atoms with E-state index in [1.165, 1.54) is 6.07 Å². The Hall–Kier alpha value is -2.14. The van der Waals surface area contributed by atoms with Crippen molar-refractivity contribution < 1.29 is 4.39 Å². The summed E-state index contributed by atoms with van der Waals surface area (Å²) in [6.45, 7) is 0. The topological polar surface area (TPSA) is 50.9 Å². The maximum absolute atomic E-state index is 14.2. The predicted octanol–water partition coefficient (Wildman–Crippen LogP) is 4.46. The van der Waals surface area contributed by atoms with Crippen molar-refractivity contribution >= 4 is 43.9 Å². The van der Waals surface area contributed by atoms with Crippen molar-refractivity contribution in [2.24, 2.45) is 0 Å². The molecule has 0 unspecified atom stereocenters. The molecule has 0 aliphatic heterocycles. The number of aromatic nitrogens is 1. The Morgan fingerprint density at radius 2 is 1.95 bits per heavy atom. The number of nitrogens with zero attached hydrogens (tertiary/aromatic N) is 1. The molecule has 1 heterocycles. The quantitative estimate of drug-likeness (QED) is 0.681. The van der Waals surface area contributed by atoms with Crippen LogP contribution in [-0.2, 0) is 0 Å². The van der Waals surface area contributed by atoms with Crippen molar-refractivity contribution in [3.05, 3.63) is 59.0 Å². The number of rotatable bonds is 2. The summed E-state index contributed by atoms with van der Waals surface area (Å²) in [5.41, 5.74) is 7.81. The highest BCUT2D eigenvalue weighted by Gasteiger charge is 2.12. The van der Waals surface area contributed by atoms with Crippen molar-refractivity contribution in [1.82, 2.24) is 4.98 Å². The molecule has 0 bridgehead atoms. The van der Waals surface area contributed by atoms with Crippen LogP contribution in [0.25, 0.3) is 10.9 Å². The number of halogens is 2. The molecular weight excluding hydrogens is 321 g/mol.